The van der Waals surface area contributed by atoms with E-state index in [0.29, 0.717) is 50.1 Å². The van der Waals surface area contributed by atoms with E-state index in [4.69, 9.17) is 4.74 Å². The van der Waals surface area contributed by atoms with Gasteiger partial charge < -0.3 is 24.7 Å². The SMILES string of the molecule is CC(C)C1=C2[C@H]3CC[C@@H]4[C@@]5(C)CC[C@H](OC(=O)CC(C)(C)C(=O)O)C(C)(C)[C@@H]5CC[C@@]4(C)[C@]3(C)CCC2(C(O)CN(CC2CCC2)C(=O)CN2CCCC2=O)CC1=O. The molecular formula is C48H74N2O8. The molecule has 0 spiro atoms. The van der Waals surface area contributed by atoms with E-state index in [2.05, 4.69) is 48.5 Å². The van der Waals surface area contributed by atoms with E-state index < -0.39 is 28.9 Å². The third-order valence-electron chi connectivity index (χ3n) is 18.4. The molecule has 2 N–H and O–H groups in total. The van der Waals surface area contributed by atoms with Gasteiger partial charge in [-0.1, -0.05) is 60.5 Å². The molecule has 1 saturated heterocycles. The van der Waals surface area contributed by atoms with Crippen LogP contribution in [0.3, 0.4) is 0 Å². The molecule has 6 fully saturated rings. The van der Waals surface area contributed by atoms with Gasteiger partial charge in [0.05, 0.1) is 24.5 Å². The molecule has 9 atom stereocenters. The van der Waals surface area contributed by atoms with Crippen molar-refractivity contribution in [3.05, 3.63) is 11.1 Å². The number of hydrogen-bond donors (Lipinski definition) is 2. The first-order chi connectivity index (χ1) is 27.0. The van der Waals surface area contributed by atoms with Crippen LogP contribution in [0.4, 0.5) is 0 Å². The number of fused-ring (bicyclic) bond motifs is 7. The standard InChI is InChI=1S/C48H74N2O8/c1-29(2)40-32(51)24-48(35(52)27-50(26-30-12-10-13-30)38(54)28-49-23-11-14-37(49)53)22-21-46(8)31(41(40)48)15-16-34-45(7)19-18-36(58-39(55)25-43(3,4)42(56)57)44(5,6)33(45)17-20-47(34,46)9/h29-31,33-36,52H,10-28H2,1-9H3,(H,56,57)/t31-,33+,34-,35?,36+,45+,46-,47-,48?/m1/s1. The van der Waals surface area contributed by atoms with Crippen LogP contribution in [-0.4, -0.2) is 87.9 Å². The van der Waals surface area contributed by atoms with Crippen molar-refractivity contribution >= 4 is 29.5 Å². The molecule has 0 aromatic carbocycles. The van der Waals surface area contributed by atoms with Crippen molar-refractivity contribution < 1.29 is 38.9 Å². The number of amides is 2. The molecule has 6 aliphatic carbocycles. The summed E-state index contributed by atoms with van der Waals surface area (Å²) in [7, 11) is 0. The largest absolute Gasteiger partial charge is 0.481 e. The summed E-state index contributed by atoms with van der Waals surface area (Å²) in [6.07, 6.45) is 10.9. The number of rotatable bonds is 12. The summed E-state index contributed by atoms with van der Waals surface area (Å²) in [6.45, 7) is 20.9. The van der Waals surface area contributed by atoms with Crippen molar-refractivity contribution in [2.45, 2.75) is 171 Å². The summed E-state index contributed by atoms with van der Waals surface area (Å²) in [4.78, 5) is 69.3. The fourth-order valence-corrected chi connectivity index (χ4v) is 14.7. The molecule has 1 heterocycles. The first kappa shape index (κ1) is 43.3. The van der Waals surface area contributed by atoms with E-state index in [1.807, 2.05) is 4.90 Å². The third kappa shape index (κ3) is 6.80. The lowest BCUT2D eigenvalue weighted by atomic mass is 9.33. The van der Waals surface area contributed by atoms with E-state index in [1.54, 1.807) is 18.7 Å². The fraction of sp³-hybridized carbons (Fsp3) is 0.854. The van der Waals surface area contributed by atoms with E-state index in [0.717, 1.165) is 76.2 Å². The molecule has 0 aromatic rings. The maximum Gasteiger partial charge on any atom is 0.309 e. The highest BCUT2D eigenvalue weighted by atomic mass is 16.5. The minimum Gasteiger partial charge on any atom is -0.481 e. The molecular weight excluding hydrogens is 733 g/mol. The van der Waals surface area contributed by atoms with Gasteiger partial charge in [-0.05, 0) is 136 Å². The zero-order chi connectivity index (χ0) is 42.4. The molecule has 5 saturated carbocycles. The summed E-state index contributed by atoms with van der Waals surface area (Å²) in [5.74, 6) is 0.0205. The number of aliphatic hydroxyl groups excluding tert-OH is 1. The van der Waals surface area contributed by atoms with Gasteiger partial charge in [-0.25, -0.2) is 0 Å². The van der Waals surface area contributed by atoms with E-state index >= 15 is 0 Å². The maximum atomic E-state index is 14.3. The zero-order valence-electron chi connectivity index (χ0n) is 37.2. The first-order valence-corrected chi connectivity index (χ1v) is 23.0. The first-order valence-electron chi connectivity index (χ1n) is 23.0. The van der Waals surface area contributed by atoms with Crippen LogP contribution >= 0.6 is 0 Å². The predicted molar refractivity (Wildman–Crippen MR) is 221 cm³/mol. The number of hydrogen-bond acceptors (Lipinski definition) is 7. The molecule has 1 aliphatic heterocycles. The number of ether oxygens (including phenoxy) is 1. The summed E-state index contributed by atoms with van der Waals surface area (Å²) >= 11 is 0. The number of Topliss-reactive ketones (excluding diaryl/α,β-unsaturated/α-hetero) is 1. The molecule has 7 aliphatic rings. The molecule has 10 heteroatoms. The van der Waals surface area contributed by atoms with Gasteiger partial charge in [-0.2, -0.15) is 0 Å². The molecule has 0 bridgehead atoms. The number of ketones is 1. The van der Waals surface area contributed by atoms with Crippen LogP contribution in [0.1, 0.15) is 159 Å². The maximum absolute atomic E-state index is 14.3. The van der Waals surface area contributed by atoms with Crippen molar-refractivity contribution in [1.82, 2.24) is 9.80 Å². The van der Waals surface area contributed by atoms with Crippen molar-refractivity contribution in [2.24, 2.45) is 62.1 Å². The number of carboxylic acid groups (broad SMARTS) is 1. The van der Waals surface area contributed by atoms with Crippen LogP contribution in [0.5, 0.6) is 0 Å². The Morgan fingerprint density at radius 2 is 1.60 bits per heavy atom. The van der Waals surface area contributed by atoms with Gasteiger partial charge in [0.1, 0.15) is 6.10 Å². The second-order valence-corrected chi connectivity index (χ2v) is 22.6. The van der Waals surface area contributed by atoms with Crippen LogP contribution < -0.4 is 0 Å². The topological polar surface area (TPSA) is 142 Å². The predicted octanol–water partition coefficient (Wildman–Crippen LogP) is 7.99. The van der Waals surface area contributed by atoms with Gasteiger partial charge >= 0.3 is 11.9 Å². The number of aliphatic hydroxyl groups is 1. The van der Waals surface area contributed by atoms with Crippen LogP contribution in [0.2, 0.25) is 0 Å². The molecule has 324 valence electrons. The number of allylic oxidation sites excluding steroid dienone is 1. The number of carboxylic acids is 1. The van der Waals surface area contributed by atoms with E-state index in [1.165, 1.54) is 5.57 Å². The fourth-order valence-electron chi connectivity index (χ4n) is 14.7. The molecule has 0 radical (unpaired) electrons. The number of esters is 1. The van der Waals surface area contributed by atoms with Gasteiger partial charge in [-0.15, -0.1) is 0 Å². The van der Waals surface area contributed by atoms with E-state index in [9.17, 15) is 34.2 Å². The lowest BCUT2D eigenvalue weighted by Gasteiger charge is -2.72. The van der Waals surface area contributed by atoms with Gasteiger partial charge in [0.15, 0.2) is 5.78 Å². The normalized spacial score (nSPS) is 37.7. The lowest BCUT2D eigenvalue weighted by Crippen LogP contribution is -2.66. The Kier molecular flexibility index (Phi) is 11.2. The Morgan fingerprint density at radius 3 is 2.21 bits per heavy atom. The van der Waals surface area contributed by atoms with Crippen molar-refractivity contribution in [2.75, 3.05) is 26.2 Å². The summed E-state index contributed by atoms with van der Waals surface area (Å²) < 4.78 is 6.18. The van der Waals surface area contributed by atoms with Gasteiger partial charge in [-0.3, -0.25) is 24.0 Å². The Hall–Kier alpha value is -2.75. The summed E-state index contributed by atoms with van der Waals surface area (Å²) in [6, 6.07) is 0. The summed E-state index contributed by atoms with van der Waals surface area (Å²) in [5.41, 5.74) is -0.142. The molecule has 7 rings (SSSR count). The zero-order valence-corrected chi connectivity index (χ0v) is 37.2. The van der Waals surface area contributed by atoms with Crippen LogP contribution in [0, 0.1) is 62.1 Å². The molecule has 0 aromatic heterocycles. The van der Waals surface area contributed by atoms with Gasteiger partial charge in [0.2, 0.25) is 11.8 Å². The highest BCUT2D eigenvalue weighted by Gasteiger charge is 2.71. The Morgan fingerprint density at radius 1 is 0.897 bits per heavy atom. The van der Waals surface area contributed by atoms with Crippen LogP contribution in [0.25, 0.3) is 0 Å². The monoisotopic (exact) mass is 807 g/mol. The number of aliphatic carboxylic acids is 1. The molecule has 58 heavy (non-hydrogen) atoms. The molecule has 2 amide bonds. The second-order valence-electron chi connectivity index (χ2n) is 22.6. The summed E-state index contributed by atoms with van der Waals surface area (Å²) in [5, 5.41) is 22.3. The highest BCUT2D eigenvalue weighted by molar-refractivity contribution is 6.01. The van der Waals surface area contributed by atoms with Crippen molar-refractivity contribution in [1.29, 1.82) is 0 Å². The lowest BCUT2D eigenvalue weighted by molar-refractivity contribution is -0.235. The van der Waals surface area contributed by atoms with E-state index in [-0.39, 0.29) is 76.7 Å². The number of nitrogens with zero attached hydrogens (tertiary/aromatic N) is 2. The Balaban J connectivity index is 1.15. The second kappa shape index (κ2) is 15.0. The Labute approximate surface area is 347 Å². The minimum absolute atomic E-state index is 0.0153. The smallest absolute Gasteiger partial charge is 0.309 e. The number of carbonyl (C=O) groups excluding carboxylic acids is 4. The minimum atomic E-state index is -1.19. The van der Waals surface area contributed by atoms with Crippen molar-refractivity contribution in [3.63, 3.8) is 0 Å². The molecule has 2 unspecified atom stereocenters. The van der Waals surface area contributed by atoms with Crippen LogP contribution in [-0.2, 0) is 28.7 Å². The van der Waals surface area contributed by atoms with Crippen molar-refractivity contribution in [3.8, 4) is 0 Å². The number of likely N-dealkylation sites (tertiary alicyclic amines) is 1. The third-order valence-corrected chi connectivity index (χ3v) is 18.4. The number of carbonyl (C=O) groups is 5. The highest BCUT2D eigenvalue weighted by Crippen LogP contribution is 2.77. The average molecular weight is 807 g/mol. The average Bonchev–Trinajstić information content (AvgIpc) is 3.66. The van der Waals surface area contributed by atoms with Gasteiger partial charge in [0, 0.05) is 43.3 Å². The Bertz CT molecular complexity index is 1730. The van der Waals surface area contributed by atoms with Gasteiger partial charge in [0.25, 0.3) is 0 Å². The molecule has 10 nitrogen and oxygen atoms in total. The quantitative estimate of drug-likeness (QED) is 0.189. The van der Waals surface area contributed by atoms with Crippen LogP contribution in [0.15, 0.2) is 11.1 Å².